The predicted molar refractivity (Wildman–Crippen MR) is 160 cm³/mol. The van der Waals surface area contributed by atoms with Gasteiger partial charge in [0.25, 0.3) is 0 Å². The van der Waals surface area contributed by atoms with Crippen molar-refractivity contribution in [1.82, 2.24) is 0 Å². The first-order chi connectivity index (χ1) is 20.9. The summed E-state index contributed by atoms with van der Waals surface area (Å²) in [6.45, 7) is 2.47. The molecule has 7 nitrogen and oxygen atoms in total. The Morgan fingerprint density at radius 1 is 0.651 bits per heavy atom. The molecule has 4 aliphatic carbocycles. The molecule has 0 amide bonds. The Morgan fingerprint density at radius 3 is 1.70 bits per heavy atom. The Hall–Kier alpha value is -2.02. The van der Waals surface area contributed by atoms with Crippen molar-refractivity contribution in [2.24, 2.45) is 59.2 Å². The highest BCUT2D eigenvalue weighted by Crippen LogP contribution is 2.50. The molecule has 238 valence electrons. The van der Waals surface area contributed by atoms with Gasteiger partial charge in [0.05, 0.1) is 36.4 Å². The van der Waals surface area contributed by atoms with E-state index >= 15 is 0 Å². The molecule has 2 aliphatic heterocycles. The molecule has 0 aromatic carbocycles. The molecule has 4 unspecified atom stereocenters. The maximum absolute atomic E-state index is 12.5. The second-order valence-corrected chi connectivity index (χ2v) is 14.9. The molecular formula is C36H52O7. The second kappa shape index (κ2) is 14.0. The fourth-order valence-electron chi connectivity index (χ4n) is 9.69. The molecule has 0 aromatic rings. The highest BCUT2D eigenvalue weighted by molar-refractivity contribution is 6.01. The average Bonchev–Trinajstić information content (AvgIpc) is 3.48. The molecule has 0 bridgehead atoms. The van der Waals surface area contributed by atoms with E-state index in [1.165, 1.54) is 77.0 Å². The summed E-state index contributed by atoms with van der Waals surface area (Å²) in [4.78, 5) is 49.6. The molecule has 0 radical (unpaired) electrons. The summed E-state index contributed by atoms with van der Waals surface area (Å²) >= 11 is 0. The summed E-state index contributed by atoms with van der Waals surface area (Å²) in [5, 5.41) is 0. The Labute approximate surface area is 257 Å². The minimum Gasteiger partial charge on any atom is -0.393 e. The van der Waals surface area contributed by atoms with Crippen LogP contribution in [-0.4, -0.2) is 36.6 Å². The standard InChI is InChI=1S/C36H52O7/c1-2-3-4-5-22-8-14-25(15-9-22)26-16-10-23(11-17-26)6-7-24-12-18-27(19-13-24)41-21-30-31-28(33(37)42-35(31)39)20-29-32(30)36(40)43-34(29)38/h6-7,22-32H,2-5,8-21H2,1H3. The number of carbonyl (C=O) groups is 4. The smallest absolute Gasteiger partial charge is 0.317 e. The third kappa shape index (κ3) is 6.97. The van der Waals surface area contributed by atoms with Gasteiger partial charge in [0.1, 0.15) is 0 Å². The minimum absolute atomic E-state index is 0.0573. The molecule has 2 heterocycles. The molecule has 43 heavy (non-hydrogen) atoms. The summed E-state index contributed by atoms with van der Waals surface area (Å²) in [5.41, 5.74) is 0. The SMILES string of the molecule is CCCCCC1CCC(C2CCC(C=CC3CCC(OCC4C5C(=O)OC(=O)C5CC5C(=O)OC(=O)C54)CC3)CC2)CC1. The zero-order valence-corrected chi connectivity index (χ0v) is 26.1. The molecule has 2 saturated heterocycles. The van der Waals surface area contributed by atoms with Gasteiger partial charge in [-0.15, -0.1) is 0 Å². The van der Waals surface area contributed by atoms with Gasteiger partial charge < -0.3 is 14.2 Å². The molecule has 7 heteroatoms. The van der Waals surface area contributed by atoms with E-state index in [4.69, 9.17) is 14.2 Å². The van der Waals surface area contributed by atoms with Gasteiger partial charge in [0.15, 0.2) is 0 Å². The molecule has 0 spiro atoms. The number of carbonyl (C=O) groups excluding carboxylic acids is 4. The fourth-order valence-corrected chi connectivity index (χ4v) is 9.69. The van der Waals surface area contributed by atoms with E-state index < -0.39 is 53.5 Å². The van der Waals surface area contributed by atoms with Gasteiger partial charge in [-0.05, 0) is 100 Å². The third-order valence-electron chi connectivity index (χ3n) is 12.3. The van der Waals surface area contributed by atoms with E-state index in [1.807, 2.05) is 0 Å². The van der Waals surface area contributed by atoms with Crippen LogP contribution in [0.2, 0.25) is 0 Å². The van der Waals surface area contributed by atoms with Crippen molar-refractivity contribution in [3.05, 3.63) is 12.2 Å². The van der Waals surface area contributed by atoms with E-state index in [0.29, 0.717) is 5.92 Å². The topological polar surface area (TPSA) is 96.0 Å². The largest absolute Gasteiger partial charge is 0.393 e. The number of ether oxygens (including phenoxy) is 3. The zero-order valence-electron chi connectivity index (χ0n) is 26.1. The van der Waals surface area contributed by atoms with Crippen molar-refractivity contribution in [2.45, 2.75) is 122 Å². The van der Waals surface area contributed by atoms with Gasteiger partial charge in [-0.25, -0.2) is 0 Å². The first-order valence-corrected chi connectivity index (χ1v) is 17.7. The van der Waals surface area contributed by atoms with Gasteiger partial charge >= 0.3 is 23.9 Å². The minimum atomic E-state index is -0.729. The monoisotopic (exact) mass is 596 g/mol. The van der Waals surface area contributed by atoms with Crippen molar-refractivity contribution in [2.75, 3.05) is 6.61 Å². The molecule has 4 saturated carbocycles. The lowest BCUT2D eigenvalue weighted by atomic mass is 9.63. The highest BCUT2D eigenvalue weighted by atomic mass is 16.6. The number of cyclic esters (lactones) is 4. The first kappa shape index (κ1) is 31.0. The fraction of sp³-hybridized carbons (Fsp3) is 0.833. The zero-order chi connectivity index (χ0) is 29.9. The van der Waals surface area contributed by atoms with Crippen LogP contribution in [0.15, 0.2) is 12.2 Å². The normalized spacial score (nSPS) is 41.7. The lowest BCUT2D eigenvalue weighted by Crippen LogP contribution is -2.45. The van der Waals surface area contributed by atoms with Crippen LogP contribution in [0.4, 0.5) is 0 Å². The average molecular weight is 597 g/mol. The molecular weight excluding hydrogens is 544 g/mol. The maximum Gasteiger partial charge on any atom is 0.317 e. The lowest BCUT2D eigenvalue weighted by molar-refractivity contribution is -0.155. The summed E-state index contributed by atoms with van der Waals surface area (Å²) in [7, 11) is 0. The van der Waals surface area contributed by atoms with Crippen LogP contribution in [0.1, 0.15) is 116 Å². The Morgan fingerprint density at radius 2 is 1.16 bits per heavy atom. The quantitative estimate of drug-likeness (QED) is 0.116. The molecule has 0 N–H and O–H groups in total. The predicted octanol–water partition coefficient (Wildman–Crippen LogP) is 6.96. The van der Waals surface area contributed by atoms with Crippen molar-refractivity contribution in [3.63, 3.8) is 0 Å². The van der Waals surface area contributed by atoms with Crippen LogP contribution in [0, 0.1) is 59.2 Å². The summed E-state index contributed by atoms with van der Waals surface area (Å²) in [6.07, 6.45) is 26.2. The maximum atomic E-state index is 12.5. The van der Waals surface area contributed by atoms with E-state index in [9.17, 15) is 19.2 Å². The van der Waals surface area contributed by atoms with Crippen LogP contribution in [0.5, 0.6) is 0 Å². The van der Waals surface area contributed by atoms with Crippen molar-refractivity contribution < 1.29 is 33.4 Å². The Bertz CT molecular complexity index is 1000. The number of hydrogen-bond donors (Lipinski definition) is 0. The number of allylic oxidation sites excluding steroid dienone is 2. The van der Waals surface area contributed by atoms with Crippen molar-refractivity contribution in [1.29, 1.82) is 0 Å². The van der Waals surface area contributed by atoms with Crippen LogP contribution < -0.4 is 0 Å². The van der Waals surface area contributed by atoms with Crippen LogP contribution in [0.3, 0.4) is 0 Å². The highest BCUT2D eigenvalue weighted by Gasteiger charge is 2.63. The van der Waals surface area contributed by atoms with Crippen molar-refractivity contribution in [3.8, 4) is 0 Å². The van der Waals surface area contributed by atoms with Crippen LogP contribution in [0.25, 0.3) is 0 Å². The van der Waals surface area contributed by atoms with E-state index in [1.54, 1.807) is 0 Å². The van der Waals surface area contributed by atoms with Crippen molar-refractivity contribution >= 4 is 23.9 Å². The van der Waals surface area contributed by atoms with E-state index in [2.05, 4.69) is 19.1 Å². The van der Waals surface area contributed by atoms with Gasteiger partial charge in [-0.1, -0.05) is 57.6 Å². The van der Waals surface area contributed by atoms with Crippen LogP contribution >= 0.6 is 0 Å². The van der Waals surface area contributed by atoms with Gasteiger partial charge in [-0.2, -0.15) is 0 Å². The number of rotatable bonds is 10. The van der Waals surface area contributed by atoms with E-state index in [-0.39, 0.29) is 19.1 Å². The molecule has 4 atom stereocenters. The molecule has 6 rings (SSSR count). The summed E-state index contributed by atoms with van der Waals surface area (Å²) in [5.74, 6) is -1.52. The van der Waals surface area contributed by atoms with Crippen LogP contribution in [-0.2, 0) is 33.4 Å². The summed E-state index contributed by atoms with van der Waals surface area (Å²) < 4.78 is 16.1. The number of esters is 4. The Balaban J connectivity index is 0.913. The first-order valence-electron chi connectivity index (χ1n) is 17.7. The summed E-state index contributed by atoms with van der Waals surface area (Å²) in [6, 6.07) is 0. The van der Waals surface area contributed by atoms with Gasteiger partial charge in [0.2, 0.25) is 0 Å². The molecule has 6 aliphatic rings. The lowest BCUT2D eigenvalue weighted by Gasteiger charge is -2.37. The second-order valence-electron chi connectivity index (χ2n) is 14.9. The van der Waals surface area contributed by atoms with E-state index in [0.717, 1.165) is 49.4 Å². The van der Waals surface area contributed by atoms with Gasteiger partial charge in [-0.3, -0.25) is 19.2 Å². The number of hydrogen-bond acceptors (Lipinski definition) is 7. The number of fused-ring (bicyclic) bond motifs is 2. The molecule has 0 aromatic heterocycles. The molecule has 6 fully saturated rings. The Kier molecular flexibility index (Phi) is 10.1. The third-order valence-corrected chi connectivity index (χ3v) is 12.3. The van der Waals surface area contributed by atoms with Gasteiger partial charge in [0, 0.05) is 5.92 Å². The number of unbranched alkanes of at least 4 members (excludes halogenated alkanes) is 2.